The number of amides is 1. The van der Waals surface area contributed by atoms with Gasteiger partial charge >= 0.3 is 0 Å². The Hall–Kier alpha value is -2.98. The van der Waals surface area contributed by atoms with E-state index in [9.17, 15) is 17.6 Å². The maximum absolute atomic E-state index is 13.3. The number of aromatic nitrogens is 1. The molecule has 1 amide bonds. The van der Waals surface area contributed by atoms with Gasteiger partial charge in [0.05, 0.1) is 16.3 Å². The maximum Gasteiger partial charge on any atom is 0.267 e. The number of anilines is 2. The zero-order valence-corrected chi connectivity index (χ0v) is 18.0. The number of sulfonamides is 1. The molecule has 1 unspecified atom stereocenters. The molecule has 2 aromatic carbocycles. The summed E-state index contributed by atoms with van der Waals surface area (Å²) in [6.45, 7) is 3.22. The number of rotatable bonds is 4. The molecule has 1 aromatic heterocycles. The van der Waals surface area contributed by atoms with E-state index in [1.165, 1.54) is 17.9 Å². The van der Waals surface area contributed by atoms with Crippen LogP contribution >= 0.6 is 11.3 Å². The zero-order valence-electron chi connectivity index (χ0n) is 16.3. The third-order valence-corrected chi connectivity index (χ3v) is 7.14. The number of fused-ring (bicyclic) bond motifs is 1. The van der Waals surface area contributed by atoms with Gasteiger partial charge in [-0.3, -0.25) is 9.52 Å². The Balaban J connectivity index is 1.61. The summed E-state index contributed by atoms with van der Waals surface area (Å²) >= 11 is 1.13. The molecule has 1 N–H and O–H groups in total. The number of halogens is 1. The van der Waals surface area contributed by atoms with E-state index in [-0.39, 0.29) is 15.9 Å². The van der Waals surface area contributed by atoms with Gasteiger partial charge in [0, 0.05) is 18.0 Å². The van der Waals surface area contributed by atoms with Crippen LogP contribution in [0.15, 0.2) is 46.7 Å². The fourth-order valence-corrected chi connectivity index (χ4v) is 5.41. The second kappa shape index (κ2) is 7.37. The summed E-state index contributed by atoms with van der Waals surface area (Å²) in [4.78, 5) is 18.0. The molecule has 4 rings (SSSR count). The maximum atomic E-state index is 13.3. The van der Waals surface area contributed by atoms with Crippen LogP contribution < -0.4 is 14.4 Å². The highest BCUT2D eigenvalue weighted by molar-refractivity contribution is 7.93. The van der Waals surface area contributed by atoms with Crippen LogP contribution in [0.3, 0.4) is 0 Å². The van der Waals surface area contributed by atoms with E-state index in [0.717, 1.165) is 23.5 Å². The van der Waals surface area contributed by atoms with Crippen molar-refractivity contribution in [3.8, 4) is 17.0 Å². The number of hydrogen-bond donors (Lipinski definition) is 1. The van der Waals surface area contributed by atoms with Gasteiger partial charge in [-0.05, 0) is 55.8 Å². The Labute approximate surface area is 177 Å². The lowest BCUT2D eigenvalue weighted by Crippen LogP contribution is -2.41. The number of likely N-dealkylation sites (N-methyl/N-ethyl adjacent to an activating group) is 1. The number of nitrogens with zero attached hydrogens (tertiary/aromatic N) is 2. The van der Waals surface area contributed by atoms with Crippen molar-refractivity contribution in [2.45, 2.75) is 24.8 Å². The molecule has 30 heavy (non-hydrogen) atoms. The van der Waals surface area contributed by atoms with Crippen molar-refractivity contribution < 1.29 is 22.3 Å². The Kier molecular flexibility index (Phi) is 4.99. The molecule has 10 heteroatoms. The SMILES string of the molecule is Cc1cc(F)ccc1S(=O)(=O)Nc1nc(-c2ccc3c(c2)N(C)C(=O)C(C)O3)cs1. The average Bonchev–Trinajstić information content (AvgIpc) is 3.13. The number of hydrogen-bond acceptors (Lipinski definition) is 6. The minimum Gasteiger partial charge on any atom is -0.479 e. The van der Waals surface area contributed by atoms with Crippen LogP contribution in [0.5, 0.6) is 5.75 Å². The number of benzene rings is 2. The van der Waals surface area contributed by atoms with Crippen molar-refractivity contribution in [2.75, 3.05) is 16.7 Å². The molecular formula is C20H18FN3O4S2. The lowest BCUT2D eigenvalue weighted by Gasteiger charge is -2.30. The molecule has 7 nitrogen and oxygen atoms in total. The van der Waals surface area contributed by atoms with E-state index < -0.39 is 21.9 Å². The van der Waals surface area contributed by atoms with Gasteiger partial charge in [-0.2, -0.15) is 0 Å². The molecule has 3 aromatic rings. The minimum atomic E-state index is -3.91. The summed E-state index contributed by atoms with van der Waals surface area (Å²) in [5.74, 6) is -0.0606. The second-order valence-electron chi connectivity index (χ2n) is 6.89. The predicted octanol–water partition coefficient (Wildman–Crippen LogP) is 3.80. The summed E-state index contributed by atoms with van der Waals surface area (Å²) < 4.78 is 46.6. The molecule has 0 aliphatic carbocycles. The molecule has 0 saturated heterocycles. The predicted molar refractivity (Wildman–Crippen MR) is 113 cm³/mol. The van der Waals surface area contributed by atoms with Gasteiger partial charge in [-0.25, -0.2) is 17.8 Å². The number of nitrogens with one attached hydrogen (secondary N) is 1. The lowest BCUT2D eigenvalue weighted by atomic mass is 10.1. The Morgan fingerprint density at radius 2 is 2.00 bits per heavy atom. The van der Waals surface area contributed by atoms with Crippen LogP contribution in [-0.4, -0.2) is 32.5 Å². The summed E-state index contributed by atoms with van der Waals surface area (Å²) in [5, 5.41) is 1.89. The van der Waals surface area contributed by atoms with E-state index >= 15 is 0 Å². The molecule has 1 aliphatic rings. The normalized spacial score (nSPS) is 16.2. The number of carbonyl (C=O) groups excluding carboxylic acids is 1. The standard InChI is InChI=1S/C20H18FN3O4S2/c1-11-8-14(21)5-7-18(11)30(26,27)23-20-22-15(10-29-20)13-4-6-17-16(9-13)24(3)19(25)12(2)28-17/h4-10,12H,1-3H3,(H,22,23). The smallest absolute Gasteiger partial charge is 0.267 e. The molecule has 0 radical (unpaired) electrons. The van der Waals surface area contributed by atoms with Gasteiger partial charge in [-0.15, -0.1) is 11.3 Å². The number of aryl methyl sites for hydroxylation is 1. The van der Waals surface area contributed by atoms with Gasteiger partial charge < -0.3 is 9.64 Å². The van der Waals surface area contributed by atoms with E-state index in [4.69, 9.17) is 4.74 Å². The summed E-state index contributed by atoms with van der Waals surface area (Å²) in [5.41, 5.74) is 2.19. The fraction of sp³-hybridized carbons (Fsp3) is 0.200. The highest BCUT2D eigenvalue weighted by atomic mass is 32.2. The zero-order chi connectivity index (χ0) is 21.6. The molecule has 0 fully saturated rings. The fourth-order valence-electron chi connectivity index (χ4n) is 3.21. The van der Waals surface area contributed by atoms with Gasteiger partial charge in [0.2, 0.25) is 0 Å². The molecule has 1 atom stereocenters. The van der Waals surface area contributed by atoms with Crippen molar-refractivity contribution in [3.63, 3.8) is 0 Å². The molecule has 2 heterocycles. The first kappa shape index (κ1) is 20.3. The van der Waals surface area contributed by atoms with Gasteiger partial charge in [0.25, 0.3) is 15.9 Å². The number of carbonyl (C=O) groups is 1. The van der Waals surface area contributed by atoms with Gasteiger partial charge in [0.15, 0.2) is 11.2 Å². The molecule has 0 saturated carbocycles. The van der Waals surface area contributed by atoms with Crippen LogP contribution in [0.4, 0.5) is 15.2 Å². The largest absolute Gasteiger partial charge is 0.479 e. The van der Waals surface area contributed by atoms with Crippen molar-refractivity contribution in [1.82, 2.24) is 4.98 Å². The van der Waals surface area contributed by atoms with Crippen molar-refractivity contribution in [2.24, 2.45) is 0 Å². The average molecular weight is 448 g/mol. The summed E-state index contributed by atoms with van der Waals surface area (Å²) in [6.07, 6.45) is -0.552. The van der Waals surface area contributed by atoms with Crippen molar-refractivity contribution in [3.05, 3.63) is 53.2 Å². The Bertz CT molecular complexity index is 1260. The minimum absolute atomic E-state index is 0.0131. The Morgan fingerprint density at radius 3 is 2.73 bits per heavy atom. The van der Waals surface area contributed by atoms with Crippen molar-refractivity contribution >= 4 is 38.1 Å². The second-order valence-corrected chi connectivity index (χ2v) is 9.40. The third kappa shape index (κ3) is 3.63. The van der Waals surface area contributed by atoms with Crippen LogP contribution in [0, 0.1) is 12.7 Å². The molecule has 156 valence electrons. The van der Waals surface area contributed by atoms with E-state index in [1.54, 1.807) is 37.6 Å². The van der Waals surface area contributed by atoms with Gasteiger partial charge in [-0.1, -0.05) is 0 Å². The summed E-state index contributed by atoms with van der Waals surface area (Å²) in [6, 6.07) is 8.82. The quantitative estimate of drug-likeness (QED) is 0.657. The summed E-state index contributed by atoms with van der Waals surface area (Å²) in [7, 11) is -2.23. The highest BCUT2D eigenvalue weighted by Gasteiger charge is 2.29. The molecular weight excluding hydrogens is 429 g/mol. The first-order chi connectivity index (χ1) is 14.2. The van der Waals surface area contributed by atoms with Crippen LogP contribution in [0.25, 0.3) is 11.3 Å². The van der Waals surface area contributed by atoms with Crippen LogP contribution in [0.2, 0.25) is 0 Å². The lowest BCUT2D eigenvalue weighted by molar-refractivity contribution is -0.125. The number of thiazole rings is 1. The molecule has 1 aliphatic heterocycles. The molecule has 0 spiro atoms. The molecule has 0 bridgehead atoms. The topological polar surface area (TPSA) is 88.6 Å². The van der Waals surface area contributed by atoms with Gasteiger partial charge in [0.1, 0.15) is 11.6 Å². The van der Waals surface area contributed by atoms with Crippen LogP contribution in [0.1, 0.15) is 12.5 Å². The first-order valence-corrected chi connectivity index (χ1v) is 11.3. The van der Waals surface area contributed by atoms with E-state index in [0.29, 0.717) is 28.3 Å². The van der Waals surface area contributed by atoms with E-state index in [1.807, 2.05) is 0 Å². The number of ether oxygens (including phenoxy) is 1. The first-order valence-electron chi connectivity index (χ1n) is 8.99. The monoisotopic (exact) mass is 447 g/mol. The highest BCUT2D eigenvalue weighted by Crippen LogP contribution is 2.37. The third-order valence-electron chi connectivity index (χ3n) is 4.75. The van der Waals surface area contributed by atoms with Crippen molar-refractivity contribution in [1.29, 1.82) is 0 Å². The van der Waals surface area contributed by atoms with Crippen LogP contribution in [-0.2, 0) is 14.8 Å². The van der Waals surface area contributed by atoms with E-state index in [2.05, 4.69) is 9.71 Å². The Morgan fingerprint density at radius 1 is 1.23 bits per heavy atom.